The molecule has 0 spiro atoms. The van der Waals surface area contributed by atoms with E-state index >= 15 is 0 Å². The summed E-state index contributed by atoms with van der Waals surface area (Å²) >= 11 is 0. The van der Waals surface area contributed by atoms with E-state index in [0.717, 1.165) is 37.1 Å². The Labute approximate surface area is 136 Å². The topological polar surface area (TPSA) is 47.4 Å². The number of methoxy groups -OCH3 is 1. The number of carbonyl (C=O) groups excluding carboxylic acids is 1. The molecule has 0 bridgehead atoms. The van der Waals surface area contributed by atoms with E-state index in [-0.39, 0.29) is 5.91 Å². The van der Waals surface area contributed by atoms with Gasteiger partial charge in [0.1, 0.15) is 0 Å². The Morgan fingerprint density at radius 3 is 2.83 bits per heavy atom. The van der Waals surface area contributed by atoms with E-state index in [1.807, 2.05) is 34.8 Å². The van der Waals surface area contributed by atoms with Gasteiger partial charge in [0.25, 0.3) is 0 Å². The van der Waals surface area contributed by atoms with Crippen LogP contribution in [0.3, 0.4) is 0 Å². The molecular weight excluding hydrogens is 290 g/mol. The van der Waals surface area contributed by atoms with Crippen LogP contribution in [0.5, 0.6) is 5.88 Å². The lowest BCUT2D eigenvalue weighted by Crippen LogP contribution is -2.31. The third kappa shape index (κ3) is 3.38. The number of nitrogens with zero attached hydrogens (tertiary/aromatic N) is 3. The summed E-state index contributed by atoms with van der Waals surface area (Å²) in [6, 6.07) is 10.2. The number of hydrogen-bond acceptors (Lipinski definition) is 3. The molecule has 1 aliphatic heterocycles. The van der Waals surface area contributed by atoms with Crippen LogP contribution in [0.1, 0.15) is 29.7 Å². The van der Waals surface area contributed by atoms with Crippen molar-refractivity contribution in [3.8, 4) is 5.88 Å². The predicted octanol–water partition coefficient (Wildman–Crippen LogP) is 2.34. The molecule has 2 heterocycles. The highest BCUT2D eigenvalue weighted by Gasteiger charge is 2.24. The van der Waals surface area contributed by atoms with Crippen LogP contribution in [-0.4, -0.2) is 34.2 Å². The molecule has 23 heavy (non-hydrogen) atoms. The second-order valence-corrected chi connectivity index (χ2v) is 5.96. The molecule has 5 nitrogen and oxygen atoms in total. The summed E-state index contributed by atoms with van der Waals surface area (Å²) in [5.41, 5.74) is 3.44. The Bertz CT molecular complexity index is 679. The SMILES string of the molecule is COc1nn(C)c2c1CCCN(C(=O)CCc1ccccc1)C2. The van der Waals surface area contributed by atoms with Crippen molar-refractivity contribution in [1.82, 2.24) is 14.7 Å². The van der Waals surface area contributed by atoms with Crippen molar-refractivity contribution in [2.75, 3.05) is 13.7 Å². The van der Waals surface area contributed by atoms with Crippen molar-refractivity contribution >= 4 is 5.91 Å². The zero-order valence-electron chi connectivity index (χ0n) is 13.8. The van der Waals surface area contributed by atoms with E-state index in [1.165, 1.54) is 5.56 Å². The van der Waals surface area contributed by atoms with Gasteiger partial charge in [-0.15, -0.1) is 5.10 Å². The van der Waals surface area contributed by atoms with Crippen LogP contribution in [0.25, 0.3) is 0 Å². The van der Waals surface area contributed by atoms with Crippen molar-refractivity contribution in [1.29, 1.82) is 0 Å². The lowest BCUT2D eigenvalue weighted by atomic mass is 10.1. The quantitative estimate of drug-likeness (QED) is 0.870. The number of amides is 1. The van der Waals surface area contributed by atoms with Gasteiger partial charge >= 0.3 is 0 Å². The number of aryl methyl sites for hydroxylation is 2. The molecule has 1 aromatic carbocycles. The zero-order chi connectivity index (χ0) is 16.2. The number of ether oxygens (including phenoxy) is 1. The molecule has 0 unspecified atom stereocenters. The van der Waals surface area contributed by atoms with Gasteiger partial charge in [0.05, 0.1) is 19.3 Å². The maximum Gasteiger partial charge on any atom is 0.236 e. The van der Waals surface area contributed by atoms with Gasteiger partial charge in [0, 0.05) is 25.6 Å². The van der Waals surface area contributed by atoms with E-state index in [2.05, 4.69) is 17.2 Å². The summed E-state index contributed by atoms with van der Waals surface area (Å²) in [6.45, 7) is 1.42. The Balaban J connectivity index is 1.68. The molecule has 0 N–H and O–H groups in total. The molecule has 0 atom stereocenters. The van der Waals surface area contributed by atoms with Crippen LogP contribution < -0.4 is 4.74 Å². The molecule has 2 aromatic rings. The number of fused-ring (bicyclic) bond motifs is 1. The largest absolute Gasteiger partial charge is 0.480 e. The van der Waals surface area contributed by atoms with Crippen molar-refractivity contribution in [2.24, 2.45) is 7.05 Å². The minimum Gasteiger partial charge on any atom is -0.480 e. The summed E-state index contributed by atoms with van der Waals surface area (Å²) in [5.74, 6) is 0.906. The smallest absolute Gasteiger partial charge is 0.236 e. The van der Waals surface area contributed by atoms with E-state index in [0.29, 0.717) is 18.8 Å². The maximum atomic E-state index is 12.6. The van der Waals surface area contributed by atoms with Gasteiger partial charge in [-0.1, -0.05) is 30.3 Å². The van der Waals surface area contributed by atoms with Gasteiger partial charge in [-0.2, -0.15) is 0 Å². The predicted molar refractivity (Wildman–Crippen MR) is 88.3 cm³/mol. The first-order valence-corrected chi connectivity index (χ1v) is 8.09. The number of benzene rings is 1. The monoisotopic (exact) mass is 313 g/mol. The van der Waals surface area contributed by atoms with Crippen molar-refractivity contribution < 1.29 is 9.53 Å². The maximum absolute atomic E-state index is 12.6. The first-order valence-electron chi connectivity index (χ1n) is 8.09. The fraction of sp³-hybridized carbons (Fsp3) is 0.444. The third-order valence-electron chi connectivity index (χ3n) is 4.45. The minimum absolute atomic E-state index is 0.210. The molecule has 5 heteroatoms. The van der Waals surface area contributed by atoms with Crippen LogP contribution in [0, 0.1) is 0 Å². The minimum atomic E-state index is 0.210. The van der Waals surface area contributed by atoms with Crippen LogP contribution in [0.2, 0.25) is 0 Å². The molecule has 0 saturated carbocycles. The number of carbonyl (C=O) groups is 1. The normalized spacial score (nSPS) is 14.3. The average Bonchev–Trinajstić information content (AvgIpc) is 2.76. The summed E-state index contributed by atoms with van der Waals surface area (Å²) in [7, 11) is 3.57. The van der Waals surface area contributed by atoms with Crippen LogP contribution in [-0.2, 0) is 31.2 Å². The van der Waals surface area contributed by atoms with E-state index in [4.69, 9.17) is 4.74 Å². The van der Waals surface area contributed by atoms with Gasteiger partial charge in [0.2, 0.25) is 11.8 Å². The lowest BCUT2D eigenvalue weighted by Gasteiger charge is -2.21. The lowest BCUT2D eigenvalue weighted by molar-refractivity contribution is -0.131. The highest BCUT2D eigenvalue weighted by atomic mass is 16.5. The van der Waals surface area contributed by atoms with Gasteiger partial charge in [0.15, 0.2) is 0 Å². The molecular formula is C18H23N3O2. The van der Waals surface area contributed by atoms with Crippen LogP contribution >= 0.6 is 0 Å². The summed E-state index contributed by atoms with van der Waals surface area (Å²) < 4.78 is 7.20. The summed E-state index contributed by atoms with van der Waals surface area (Å²) in [6.07, 6.45) is 3.20. The third-order valence-corrected chi connectivity index (χ3v) is 4.45. The second kappa shape index (κ2) is 6.86. The zero-order valence-corrected chi connectivity index (χ0v) is 13.8. The molecule has 1 aliphatic rings. The van der Waals surface area contributed by atoms with Gasteiger partial charge in [-0.05, 0) is 24.8 Å². The molecule has 122 valence electrons. The number of hydrogen-bond donors (Lipinski definition) is 0. The van der Waals surface area contributed by atoms with E-state index < -0.39 is 0 Å². The van der Waals surface area contributed by atoms with E-state index in [1.54, 1.807) is 7.11 Å². The highest BCUT2D eigenvalue weighted by molar-refractivity contribution is 5.76. The van der Waals surface area contributed by atoms with Gasteiger partial charge in [-0.3, -0.25) is 9.48 Å². The standard InChI is InChI=1S/C18H23N3O2/c1-20-16-13-21(12-6-9-15(16)18(19-20)23-2)17(22)11-10-14-7-4-3-5-8-14/h3-5,7-8H,6,9-13H2,1-2H3. The Kier molecular flexibility index (Phi) is 4.65. The van der Waals surface area contributed by atoms with Crippen molar-refractivity contribution in [3.63, 3.8) is 0 Å². The first-order chi connectivity index (χ1) is 11.2. The highest BCUT2D eigenvalue weighted by Crippen LogP contribution is 2.26. The molecule has 0 aliphatic carbocycles. The fourth-order valence-corrected chi connectivity index (χ4v) is 3.16. The molecule has 0 saturated heterocycles. The average molecular weight is 313 g/mol. The Morgan fingerprint density at radius 2 is 2.09 bits per heavy atom. The Hall–Kier alpha value is -2.30. The van der Waals surface area contributed by atoms with Crippen molar-refractivity contribution in [2.45, 2.75) is 32.2 Å². The summed E-state index contributed by atoms with van der Waals surface area (Å²) in [4.78, 5) is 14.5. The number of aromatic nitrogens is 2. The molecule has 1 aromatic heterocycles. The fourth-order valence-electron chi connectivity index (χ4n) is 3.16. The van der Waals surface area contributed by atoms with Crippen LogP contribution in [0.15, 0.2) is 30.3 Å². The summed E-state index contributed by atoms with van der Waals surface area (Å²) in [5, 5.41) is 4.40. The number of rotatable bonds is 4. The van der Waals surface area contributed by atoms with E-state index in [9.17, 15) is 4.79 Å². The first kappa shape index (κ1) is 15.6. The Morgan fingerprint density at radius 1 is 1.30 bits per heavy atom. The van der Waals surface area contributed by atoms with Crippen molar-refractivity contribution in [3.05, 3.63) is 47.2 Å². The van der Waals surface area contributed by atoms with Gasteiger partial charge < -0.3 is 9.64 Å². The molecule has 0 fully saturated rings. The second-order valence-electron chi connectivity index (χ2n) is 5.96. The molecule has 1 amide bonds. The van der Waals surface area contributed by atoms with Crippen LogP contribution in [0.4, 0.5) is 0 Å². The molecule has 3 rings (SSSR count). The molecule has 0 radical (unpaired) electrons. The van der Waals surface area contributed by atoms with Gasteiger partial charge in [-0.25, -0.2) is 0 Å².